The van der Waals surface area contributed by atoms with Crippen molar-refractivity contribution in [1.29, 1.82) is 0 Å². The molecule has 2 aromatic rings. The van der Waals surface area contributed by atoms with Crippen molar-refractivity contribution in [3.63, 3.8) is 0 Å². The van der Waals surface area contributed by atoms with Crippen LogP contribution in [0.25, 0.3) is 10.6 Å². The third-order valence-corrected chi connectivity index (χ3v) is 2.97. The van der Waals surface area contributed by atoms with Gasteiger partial charge in [-0.15, -0.1) is 11.3 Å². The molecular formula is C11H12N2S. The number of hydrogen-bond donors (Lipinski definition) is 1. The molecule has 3 heteroatoms. The summed E-state index contributed by atoms with van der Waals surface area (Å²) in [6, 6.07) is 8.35. The predicted octanol–water partition coefficient (Wildman–Crippen LogP) is 2.58. The van der Waals surface area contributed by atoms with E-state index in [9.17, 15) is 0 Å². The fourth-order valence-corrected chi connectivity index (χ4v) is 2.14. The summed E-state index contributed by atoms with van der Waals surface area (Å²) < 4.78 is 0. The molecule has 1 aromatic heterocycles. The van der Waals surface area contributed by atoms with Crippen molar-refractivity contribution in [2.45, 2.75) is 13.5 Å². The van der Waals surface area contributed by atoms with Crippen LogP contribution in [0, 0.1) is 6.92 Å². The first kappa shape index (κ1) is 9.37. The first-order valence-corrected chi connectivity index (χ1v) is 5.39. The van der Waals surface area contributed by atoms with Gasteiger partial charge in [-0.2, -0.15) is 0 Å². The van der Waals surface area contributed by atoms with Crippen molar-refractivity contribution in [1.82, 2.24) is 4.98 Å². The number of thiazole rings is 1. The molecule has 0 spiro atoms. The Hall–Kier alpha value is -1.19. The van der Waals surface area contributed by atoms with Crippen LogP contribution < -0.4 is 5.73 Å². The number of aryl methyl sites for hydroxylation is 1. The van der Waals surface area contributed by atoms with Crippen molar-refractivity contribution < 1.29 is 0 Å². The van der Waals surface area contributed by atoms with Crippen LogP contribution in [-0.2, 0) is 6.54 Å². The monoisotopic (exact) mass is 204 g/mol. The molecule has 2 nitrogen and oxygen atoms in total. The Bertz CT molecular complexity index is 434. The smallest absolute Gasteiger partial charge is 0.123 e. The highest BCUT2D eigenvalue weighted by Crippen LogP contribution is 2.23. The Morgan fingerprint density at radius 1 is 1.43 bits per heavy atom. The summed E-state index contributed by atoms with van der Waals surface area (Å²) >= 11 is 1.64. The van der Waals surface area contributed by atoms with E-state index in [4.69, 9.17) is 5.73 Å². The second-order valence-electron chi connectivity index (χ2n) is 3.22. The normalized spacial score (nSPS) is 10.4. The van der Waals surface area contributed by atoms with E-state index in [1.165, 1.54) is 11.1 Å². The molecule has 0 fully saturated rings. The number of aromatic nitrogens is 1. The molecular weight excluding hydrogens is 192 g/mol. The summed E-state index contributed by atoms with van der Waals surface area (Å²) in [5.41, 5.74) is 8.91. The second kappa shape index (κ2) is 3.90. The average Bonchev–Trinajstić information content (AvgIpc) is 2.66. The number of rotatable bonds is 2. The zero-order chi connectivity index (χ0) is 9.97. The molecule has 0 bridgehead atoms. The summed E-state index contributed by atoms with van der Waals surface area (Å²) in [6.07, 6.45) is 0. The predicted molar refractivity (Wildman–Crippen MR) is 60.2 cm³/mol. The minimum atomic E-state index is 0.516. The largest absolute Gasteiger partial charge is 0.325 e. The Balaban J connectivity index is 2.39. The van der Waals surface area contributed by atoms with E-state index in [0.717, 1.165) is 10.7 Å². The van der Waals surface area contributed by atoms with Gasteiger partial charge in [0.25, 0.3) is 0 Å². The van der Waals surface area contributed by atoms with Crippen LogP contribution in [0.15, 0.2) is 29.6 Å². The standard InChI is InChI=1S/C11H12N2S/c1-8-3-2-4-9(5-8)11-13-10(6-12)7-14-11/h2-5,7H,6,12H2,1H3. The molecule has 2 N–H and O–H groups in total. The molecule has 0 aliphatic carbocycles. The van der Waals surface area contributed by atoms with E-state index in [1.807, 2.05) is 11.4 Å². The van der Waals surface area contributed by atoms with Gasteiger partial charge in [0.2, 0.25) is 0 Å². The summed E-state index contributed by atoms with van der Waals surface area (Å²) in [5, 5.41) is 3.06. The zero-order valence-electron chi connectivity index (χ0n) is 8.03. The van der Waals surface area contributed by atoms with Gasteiger partial charge >= 0.3 is 0 Å². The van der Waals surface area contributed by atoms with Crippen LogP contribution in [0.1, 0.15) is 11.3 Å². The Morgan fingerprint density at radius 3 is 2.93 bits per heavy atom. The van der Waals surface area contributed by atoms with Gasteiger partial charge in [-0.05, 0) is 13.0 Å². The van der Waals surface area contributed by atoms with Crippen LogP contribution in [0.4, 0.5) is 0 Å². The third-order valence-electron chi connectivity index (χ3n) is 2.03. The van der Waals surface area contributed by atoms with Crippen molar-refractivity contribution in [2.75, 3.05) is 0 Å². The number of nitrogens with two attached hydrogens (primary N) is 1. The highest BCUT2D eigenvalue weighted by atomic mass is 32.1. The topological polar surface area (TPSA) is 38.9 Å². The molecule has 2 rings (SSSR count). The lowest BCUT2D eigenvalue weighted by atomic mass is 10.1. The average molecular weight is 204 g/mol. The molecule has 14 heavy (non-hydrogen) atoms. The number of hydrogen-bond acceptors (Lipinski definition) is 3. The van der Waals surface area contributed by atoms with Gasteiger partial charge in [-0.25, -0.2) is 4.98 Å². The SMILES string of the molecule is Cc1cccc(-c2nc(CN)cs2)c1. The lowest BCUT2D eigenvalue weighted by molar-refractivity contribution is 1.01. The molecule has 72 valence electrons. The minimum Gasteiger partial charge on any atom is -0.325 e. The van der Waals surface area contributed by atoms with Crippen molar-refractivity contribution in [2.24, 2.45) is 5.73 Å². The Morgan fingerprint density at radius 2 is 2.29 bits per heavy atom. The molecule has 0 radical (unpaired) electrons. The van der Waals surface area contributed by atoms with Gasteiger partial charge in [0.05, 0.1) is 5.69 Å². The van der Waals surface area contributed by atoms with Gasteiger partial charge in [-0.3, -0.25) is 0 Å². The maximum absolute atomic E-state index is 5.52. The lowest BCUT2D eigenvalue weighted by Gasteiger charge is -1.97. The van der Waals surface area contributed by atoms with Crippen LogP contribution in [0.5, 0.6) is 0 Å². The fourth-order valence-electron chi connectivity index (χ4n) is 1.31. The van der Waals surface area contributed by atoms with E-state index >= 15 is 0 Å². The van der Waals surface area contributed by atoms with Crippen LogP contribution >= 0.6 is 11.3 Å². The molecule has 0 unspecified atom stereocenters. The summed E-state index contributed by atoms with van der Waals surface area (Å²) in [6.45, 7) is 2.60. The first-order valence-electron chi connectivity index (χ1n) is 4.51. The molecule has 0 saturated carbocycles. The minimum absolute atomic E-state index is 0.516. The molecule has 0 aliphatic heterocycles. The Labute approximate surface area is 87.4 Å². The number of benzene rings is 1. The first-order chi connectivity index (χ1) is 6.79. The van der Waals surface area contributed by atoms with Crippen molar-refractivity contribution >= 4 is 11.3 Å². The summed E-state index contributed by atoms with van der Waals surface area (Å²) in [5.74, 6) is 0. The van der Waals surface area contributed by atoms with Crippen LogP contribution in [0.2, 0.25) is 0 Å². The quantitative estimate of drug-likeness (QED) is 0.816. The zero-order valence-corrected chi connectivity index (χ0v) is 8.84. The van der Waals surface area contributed by atoms with E-state index < -0.39 is 0 Å². The van der Waals surface area contributed by atoms with Crippen LogP contribution in [0.3, 0.4) is 0 Å². The maximum Gasteiger partial charge on any atom is 0.123 e. The second-order valence-corrected chi connectivity index (χ2v) is 4.08. The van der Waals surface area contributed by atoms with E-state index in [2.05, 4.69) is 30.1 Å². The highest BCUT2D eigenvalue weighted by molar-refractivity contribution is 7.13. The maximum atomic E-state index is 5.52. The molecule has 1 aromatic carbocycles. The molecule has 0 aliphatic rings. The highest BCUT2D eigenvalue weighted by Gasteiger charge is 2.02. The fraction of sp³-hybridized carbons (Fsp3) is 0.182. The van der Waals surface area contributed by atoms with E-state index in [0.29, 0.717) is 6.54 Å². The van der Waals surface area contributed by atoms with Crippen molar-refractivity contribution in [3.05, 3.63) is 40.9 Å². The van der Waals surface area contributed by atoms with E-state index in [-0.39, 0.29) is 0 Å². The van der Waals surface area contributed by atoms with Gasteiger partial charge in [0.15, 0.2) is 0 Å². The van der Waals surface area contributed by atoms with Crippen LogP contribution in [-0.4, -0.2) is 4.98 Å². The third kappa shape index (κ3) is 1.84. The molecule has 0 saturated heterocycles. The van der Waals surface area contributed by atoms with Gasteiger partial charge in [-0.1, -0.05) is 23.8 Å². The molecule has 0 atom stereocenters. The lowest BCUT2D eigenvalue weighted by Crippen LogP contribution is -1.95. The van der Waals surface area contributed by atoms with E-state index in [1.54, 1.807) is 11.3 Å². The van der Waals surface area contributed by atoms with Gasteiger partial charge in [0.1, 0.15) is 5.01 Å². The summed E-state index contributed by atoms with van der Waals surface area (Å²) in [4.78, 5) is 4.43. The van der Waals surface area contributed by atoms with Gasteiger partial charge in [0, 0.05) is 17.5 Å². The Kier molecular flexibility index (Phi) is 2.61. The number of nitrogens with zero attached hydrogens (tertiary/aromatic N) is 1. The van der Waals surface area contributed by atoms with Crippen molar-refractivity contribution in [3.8, 4) is 10.6 Å². The van der Waals surface area contributed by atoms with Gasteiger partial charge < -0.3 is 5.73 Å². The summed E-state index contributed by atoms with van der Waals surface area (Å²) in [7, 11) is 0. The molecule has 1 heterocycles. The molecule has 0 amide bonds.